The highest BCUT2D eigenvalue weighted by atomic mass is 35.7. The lowest BCUT2D eigenvalue weighted by Crippen LogP contribution is -2.47. The Labute approximate surface area is 112 Å². The van der Waals surface area contributed by atoms with Crippen LogP contribution in [0, 0.1) is 5.92 Å². The average Bonchev–Trinajstić information content (AvgIpc) is 2.21. The molecule has 0 radical (unpaired) electrons. The highest BCUT2D eigenvalue weighted by Crippen LogP contribution is 2.38. The van der Waals surface area contributed by atoms with Gasteiger partial charge in [-0.05, 0) is 31.6 Å². The zero-order valence-corrected chi connectivity index (χ0v) is 12.4. The van der Waals surface area contributed by atoms with E-state index in [0.29, 0.717) is 32.3 Å². The first-order chi connectivity index (χ1) is 8.20. The minimum Gasteiger partial charge on any atom is -0.375 e. The second-order valence-corrected chi connectivity index (χ2v) is 10.4. The quantitative estimate of drug-likeness (QED) is 0.708. The maximum Gasteiger partial charge on any atom is 0.232 e. The van der Waals surface area contributed by atoms with Crippen molar-refractivity contribution < 1.29 is 21.6 Å². The molecule has 2 heterocycles. The number of sulfone groups is 1. The standard InChI is InChI=1S/C10H17ClO5S2/c11-18(14,15)8-9-1-4-16-10(7-9)2-5-17(12,13)6-3-10/h9H,1-8H2. The largest absolute Gasteiger partial charge is 0.375 e. The van der Waals surface area contributed by atoms with Crippen molar-refractivity contribution >= 4 is 29.6 Å². The summed E-state index contributed by atoms with van der Waals surface area (Å²) < 4.78 is 50.8. The molecule has 2 rings (SSSR count). The summed E-state index contributed by atoms with van der Waals surface area (Å²) in [5, 5.41) is 0. The highest BCUT2D eigenvalue weighted by Gasteiger charge is 2.42. The molecule has 1 unspecified atom stereocenters. The first-order valence-electron chi connectivity index (χ1n) is 5.97. The van der Waals surface area contributed by atoms with Gasteiger partial charge in [-0.3, -0.25) is 0 Å². The summed E-state index contributed by atoms with van der Waals surface area (Å²) in [5.74, 6) is 0.190. The van der Waals surface area contributed by atoms with E-state index in [1.165, 1.54) is 0 Å². The van der Waals surface area contributed by atoms with Gasteiger partial charge in [0.2, 0.25) is 9.05 Å². The van der Waals surface area contributed by atoms with Crippen LogP contribution in [0.25, 0.3) is 0 Å². The second-order valence-electron chi connectivity index (χ2n) is 5.25. The van der Waals surface area contributed by atoms with Crippen LogP contribution in [0.15, 0.2) is 0 Å². The molecule has 1 atom stereocenters. The normalized spacial score (nSPS) is 31.3. The lowest BCUT2D eigenvalue weighted by Gasteiger charge is -2.43. The molecule has 1 spiro atoms. The van der Waals surface area contributed by atoms with E-state index < -0.39 is 24.5 Å². The topological polar surface area (TPSA) is 77.5 Å². The zero-order valence-electron chi connectivity index (χ0n) is 9.97. The van der Waals surface area contributed by atoms with Crippen LogP contribution in [-0.4, -0.2) is 46.3 Å². The van der Waals surface area contributed by atoms with Crippen LogP contribution in [-0.2, 0) is 23.6 Å². The Morgan fingerprint density at radius 1 is 1.28 bits per heavy atom. The van der Waals surface area contributed by atoms with Gasteiger partial charge in [-0.25, -0.2) is 16.8 Å². The SMILES string of the molecule is O=S(=O)(Cl)CC1CCOC2(CCS(=O)(=O)CC2)C1. The molecule has 0 amide bonds. The number of rotatable bonds is 2. The van der Waals surface area contributed by atoms with Gasteiger partial charge in [0.05, 0.1) is 22.9 Å². The van der Waals surface area contributed by atoms with Crippen molar-refractivity contribution in [1.82, 2.24) is 0 Å². The molecule has 0 bridgehead atoms. The van der Waals surface area contributed by atoms with Gasteiger partial charge in [-0.2, -0.15) is 0 Å². The Balaban J connectivity index is 2.03. The van der Waals surface area contributed by atoms with Gasteiger partial charge >= 0.3 is 0 Å². The number of halogens is 1. The predicted molar refractivity (Wildman–Crippen MR) is 68.9 cm³/mol. The molecule has 0 aromatic rings. The lowest BCUT2D eigenvalue weighted by atomic mass is 9.83. The molecule has 2 aliphatic heterocycles. The third-order valence-electron chi connectivity index (χ3n) is 3.77. The summed E-state index contributed by atoms with van der Waals surface area (Å²) in [6, 6.07) is 0. The monoisotopic (exact) mass is 316 g/mol. The predicted octanol–water partition coefficient (Wildman–Crippen LogP) is 0.929. The van der Waals surface area contributed by atoms with E-state index in [9.17, 15) is 16.8 Å². The van der Waals surface area contributed by atoms with Gasteiger partial charge in [-0.15, -0.1) is 0 Å². The van der Waals surface area contributed by atoms with E-state index in [1.54, 1.807) is 0 Å². The fourth-order valence-corrected chi connectivity index (χ4v) is 5.76. The Morgan fingerprint density at radius 3 is 2.44 bits per heavy atom. The molecule has 0 aromatic heterocycles. The van der Waals surface area contributed by atoms with Crippen LogP contribution < -0.4 is 0 Å². The Morgan fingerprint density at radius 2 is 1.89 bits per heavy atom. The van der Waals surface area contributed by atoms with Crippen molar-refractivity contribution in [2.75, 3.05) is 23.9 Å². The highest BCUT2D eigenvalue weighted by molar-refractivity contribution is 8.13. The van der Waals surface area contributed by atoms with Gasteiger partial charge in [0, 0.05) is 17.3 Å². The van der Waals surface area contributed by atoms with E-state index in [4.69, 9.17) is 15.4 Å². The number of hydrogen-bond donors (Lipinski definition) is 0. The van der Waals surface area contributed by atoms with E-state index in [0.717, 1.165) is 0 Å². The van der Waals surface area contributed by atoms with Crippen LogP contribution in [0.2, 0.25) is 0 Å². The first kappa shape index (κ1) is 14.6. The average molecular weight is 317 g/mol. The maximum absolute atomic E-state index is 11.4. The molecule has 0 aromatic carbocycles. The molecule has 106 valence electrons. The Hall–Kier alpha value is 0.150. The molecule has 2 aliphatic rings. The van der Waals surface area contributed by atoms with Crippen molar-refractivity contribution in [2.45, 2.75) is 31.3 Å². The van der Waals surface area contributed by atoms with Crippen molar-refractivity contribution in [3.63, 3.8) is 0 Å². The fraction of sp³-hybridized carbons (Fsp3) is 1.00. The van der Waals surface area contributed by atoms with Gasteiger partial charge in [0.25, 0.3) is 0 Å². The van der Waals surface area contributed by atoms with E-state index in [-0.39, 0.29) is 23.2 Å². The van der Waals surface area contributed by atoms with E-state index in [1.807, 2.05) is 0 Å². The summed E-state index contributed by atoms with van der Waals surface area (Å²) in [7, 11) is -1.16. The van der Waals surface area contributed by atoms with Crippen LogP contribution in [0.3, 0.4) is 0 Å². The molecular formula is C10H17ClO5S2. The van der Waals surface area contributed by atoms with Crippen LogP contribution >= 0.6 is 10.7 Å². The summed E-state index contributed by atoms with van der Waals surface area (Å²) >= 11 is 0. The number of ether oxygens (including phenoxy) is 1. The Bertz CT molecular complexity index is 496. The van der Waals surface area contributed by atoms with Crippen molar-refractivity contribution in [3.05, 3.63) is 0 Å². The van der Waals surface area contributed by atoms with Gasteiger partial charge in [0.15, 0.2) is 9.84 Å². The summed E-state index contributed by atoms with van der Waals surface area (Å²) in [6.07, 6.45) is 2.19. The fourth-order valence-electron chi connectivity index (χ4n) is 2.81. The molecule has 0 N–H and O–H groups in total. The molecule has 2 saturated heterocycles. The smallest absolute Gasteiger partial charge is 0.232 e. The third-order valence-corrected chi connectivity index (χ3v) is 6.67. The summed E-state index contributed by atoms with van der Waals surface area (Å²) in [4.78, 5) is 0. The minimum atomic E-state index is -3.50. The minimum absolute atomic E-state index is 0.0259. The molecule has 2 fully saturated rings. The van der Waals surface area contributed by atoms with Crippen LogP contribution in [0.1, 0.15) is 25.7 Å². The molecule has 5 nitrogen and oxygen atoms in total. The van der Waals surface area contributed by atoms with Gasteiger partial charge < -0.3 is 4.74 Å². The summed E-state index contributed by atoms with van der Waals surface area (Å²) in [6.45, 7) is 0.483. The van der Waals surface area contributed by atoms with E-state index in [2.05, 4.69) is 0 Å². The first-order valence-corrected chi connectivity index (χ1v) is 10.3. The van der Waals surface area contributed by atoms with Crippen molar-refractivity contribution in [1.29, 1.82) is 0 Å². The maximum atomic E-state index is 11.4. The molecule has 0 saturated carbocycles. The molecule has 8 heteroatoms. The summed E-state index contributed by atoms with van der Waals surface area (Å²) in [5.41, 5.74) is -0.449. The van der Waals surface area contributed by atoms with Crippen LogP contribution in [0.4, 0.5) is 0 Å². The lowest BCUT2D eigenvalue weighted by molar-refractivity contribution is -0.0992. The molecular weight excluding hydrogens is 300 g/mol. The Kier molecular flexibility index (Phi) is 3.98. The van der Waals surface area contributed by atoms with Gasteiger partial charge in [0.1, 0.15) is 0 Å². The molecule has 18 heavy (non-hydrogen) atoms. The number of hydrogen-bond acceptors (Lipinski definition) is 5. The zero-order chi connectivity index (χ0) is 13.4. The second kappa shape index (κ2) is 4.92. The van der Waals surface area contributed by atoms with Crippen molar-refractivity contribution in [3.8, 4) is 0 Å². The van der Waals surface area contributed by atoms with Crippen molar-refractivity contribution in [2.24, 2.45) is 5.92 Å². The van der Waals surface area contributed by atoms with Crippen LogP contribution in [0.5, 0.6) is 0 Å². The van der Waals surface area contributed by atoms with E-state index >= 15 is 0 Å². The van der Waals surface area contributed by atoms with Gasteiger partial charge in [-0.1, -0.05) is 0 Å². The third kappa shape index (κ3) is 3.82. The molecule has 0 aliphatic carbocycles.